The number of para-hydroxylation sites is 1. The number of hydrogen-bond acceptors (Lipinski definition) is 2. The normalized spacial score (nSPS) is 20.9. The van der Waals surface area contributed by atoms with Crippen LogP contribution in [0.5, 0.6) is 0 Å². The van der Waals surface area contributed by atoms with Crippen LogP contribution in [0.1, 0.15) is 32.8 Å². The standard InChI is InChI=1S/C16H23N3OS/c1-11-7-5-6-8-13(11)17-14(20)10-19-12(2)9-16(3,4)18-15(19)21/h5-8,12H,9-10H2,1-4H3,(H,17,20)(H,18,21)/t12-/m0/s1. The summed E-state index contributed by atoms with van der Waals surface area (Å²) in [6.45, 7) is 8.61. The van der Waals surface area contributed by atoms with Crippen LogP contribution in [0, 0.1) is 6.92 Å². The van der Waals surface area contributed by atoms with Crippen molar-refractivity contribution in [1.82, 2.24) is 10.2 Å². The Bertz CT molecular complexity index is 556. The number of hydrogen-bond donors (Lipinski definition) is 2. The quantitative estimate of drug-likeness (QED) is 0.843. The highest BCUT2D eigenvalue weighted by Gasteiger charge is 2.33. The molecule has 1 atom stereocenters. The smallest absolute Gasteiger partial charge is 0.243 e. The van der Waals surface area contributed by atoms with Crippen molar-refractivity contribution < 1.29 is 4.79 Å². The molecule has 0 radical (unpaired) electrons. The molecular formula is C16H23N3OS. The molecule has 5 heteroatoms. The van der Waals surface area contributed by atoms with Gasteiger partial charge in [0.15, 0.2) is 5.11 Å². The van der Waals surface area contributed by atoms with Crippen molar-refractivity contribution in [1.29, 1.82) is 0 Å². The largest absolute Gasteiger partial charge is 0.358 e. The second kappa shape index (κ2) is 6.02. The predicted molar refractivity (Wildman–Crippen MR) is 90.4 cm³/mol. The summed E-state index contributed by atoms with van der Waals surface area (Å²) >= 11 is 5.40. The van der Waals surface area contributed by atoms with E-state index < -0.39 is 0 Å². The molecule has 0 spiro atoms. The molecule has 1 fully saturated rings. The lowest BCUT2D eigenvalue weighted by molar-refractivity contribution is -0.117. The van der Waals surface area contributed by atoms with Gasteiger partial charge in [-0.15, -0.1) is 0 Å². The number of amides is 1. The Morgan fingerprint density at radius 3 is 2.76 bits per heavy atom. The van der Waals surface area contributed by atoms with Gasteiger partial charge in [-0.25, -0.2) is 0 Å². The zero-order valence-electron chi connectivity index (χ0n) is 13.1. The molecule has 1 aliphatic heterocycles. The number of nitrogens with zero attached hydrogens (tertiary/aromatic N) is 1. The van der Waals surface area contributed by atoms with Gasteiger partial charge in [-0.3, -0.25) is 4.79 Å². The van der Waals surface area contributed by atoms with E-state index in [2.05, 4.69) is 31.4 Å². The Morgan fingerprint density at radius 2 is 2.14 bits per heavy atom. The highest BCUT2D eigenvalue weighted by molar-refractivity contribution is 7.80. The number of nitrogens with one attached hydrogen (secondary N) is 2. The number of benzene rings is 1. The number of anilines is 1. The van der Waals surface area contributed by atoms with Gasteiger partial charge < -0.3 is 15.5 Å². The fourth-order valence-electron chi connectivity index (χ4n) is 2.75. The highest BCUT2D eigenvalue weighted by atomic mass is 32.1. The minimum atomic E-state index is -0.0417. The SMILES string of the molecule is Cc1ccccc1NC(=O)CN1C(=S)NC(C)(C)C[C@@H]1C. The molecule has 21 heavy (non-hydrogen) atoms. The van der Waals surface area contributed by atoms with Gasteiger partial charge in [0.25, 0.3) is 0 Å². The van der Waals surface area contributed by atoms with Crippen molar-refractivity contribution in [3.8, 4) is 0 Å². The summed E-state index contributed by atoms with van der Waals surface area (Å²) < 4.78 is 0. The molecule has 0 bridgehead atoms. The monoisotopic (exact) mass is 305 g/mol. The second-order valence-electron chi connectivity index (χ2n) is 6.36. The van der Waals surface area contributed by atoms with Gasteiger partial charge in [0.1, 0.15) is 0 Å². The van der Waals surface area contributed by atoms with E-state index in [4.69, 9.17) is 12.2 Å². The number of aryl methyl sites for hydroxylation is 1. The Balaban J connectivity index is 2.00. The van der Waals surface area contributed by atoms with Crippen LogP contribution < -0.4 is 10.6 Å². The molecule has 1 saturated heterocycles. The van der Waals surface area contributed by atoms with Crippen LogP contribution in [0.25, 0.3) is 0 Å². The molecule has 1 aromatic carbocycles. The first-order valence-corrected chi connectivity index (χ1v) is 7.63. The summed E-state index contributed by atoms with van der Waals surface area (Å²) in [5, 5.41) is 6.90. The van der Waals surface area contributed by atoms with Gasteiger partial charge in [0.05, 0.1) is 6.54 Å². The third-order valence-electron chi connectivity index (χ3n) is 3.78. The van der Waals surface area contributed by atoms with Crippen molar-refractivity contribution in [2.75, 3.05) is 11.9 Å². The third kappa shape index (κ3) is 3.94. The average Bonchev–Trinajstić information content (AvgIpc) is 2.35. The molecular weight excluding hydrogens is 282 g/mol. The summed E-state index contributed by atoms with van der Waals surface area (Å²) in [4.78, 5) is 14.2. The molecule has 0 saturated carbocycles. The van der Waals surface area contributed by atoms with Gasteiger partial charge in [-0.2, -0.15) is 0 Å². The molecule has 0 unspecified atom stereocenters. The van der Waals surface area contributed by atoms with Crippen LogP contribution in [0.2, 0.25) is 0 Å². The number of thiocarbonyl (C=S) groups is 1. The maximum Gasteiger partial charge on any atom is 0.243 e. The van der Waals surface area contributed by atoms with E-state index in [1.54, 1.807) is 0 Å². The van der Waals surface area contributed by atoms with E-state index >= 15 is 0 Å². The van der Waals surface area contributed by atoms with Crippen molar-refractivity contribution in [2.45, 2.75) is 45.7 Å². The second-order valence-corrected chi connectivity index (χ2v) is 6.74. The Morgan fingerprint density at radius 1 is 1.48 bits per heavy atom. The number of rotatable bonds is 3. The fraction of sp³-hybridized carbons (Fsp3) is 0.500. The molecule has 2 N–H and O–H groups in total. The Kier molecular flexibility index (Phi) is 4.52. The summed E-state index contributed by atoms with van der Waals surface area (Å²) in [5.74, 6) is -0.0417. The van der Waals surface area contributed by atoms with E-state index in [1.807, 2.05) is 36.1 Å². The highest BCUT2D eigenvalue weighted by Crippen LogP contribution is 2.22. The first-order valence-electron chi connectivity index (χ1n) is 7.23. The zero-order chi connectivity index (χ0) is 15.6. The van der Waals surface area contributed by atoms with Gasteiger partial charge in [-0.05, 0) is 58.0 Å². The average molecular weight is 305 g/mol. The van der Waals surface area contributed by atoms with E-state index in [0.29, 0.717) is 5.11 Å². The van der Waals surface area contributed by atoms with Crippen LogP contribution in [0.15, 0.2) is 24.3 Å². The third-order valence-corrected chi connectivity index (χ3v) is 4.11. The number of carbonyl (C=O) groups is 1. The lowest BCUT2D eigenvalue weighted by Gasteiger charge is -2.44. The van der Waals surface area contributed by atoms with Gasteiger partial charge in [0, 0.05) is 17.3 Å². The molecule has 0 aromatic heterocycles. The van der Waals surface area contributed by atoms with Crippen molar-refractivity contribution in [2.24, 2.45) is 0 Å². The Hall–Kier alpha value is -1.62. The van der Waals surface area contributed by atoms with Gasteiger partial charge >= 0.3 is 0 Å². The van der Waals surface area contributed by atoms with Crippen molar-refractivity contribution in [3.63, 3.8) is 0 Å². The van der Waals surface area contributed by atoms with Crippen LogP contribution in [-0.4, -0.2) is 34.0 Å². The maximum atomic E-state index is 12.2. The molecule has 1 aliphatic rings. The first-order chi connectivity index (χ1) is 9.78. The molecule has 2 rings (SSSR count). The van der Waals surface area contributed by atoms with E-state index in [0.717, 1.165) is 17.7 Å². The van der Waals surface area contributed by atoms with Gasteiger partial charge in [0.2, 0.25) is 5.91 Å². The summed E-state index contributed by atoms with van der Waals surface area (Å²) in [6, 6.07) is 8.01. The zero-order valence-corrected chi connectivity index (χ0v) is 13.9. The topological polar surface area (TPSA) is 44.4 Å². The lowest BCUT2D eigenvalue weighted by atomic mass is 9.93. The number of carbonyl (C=O) groups excluding carboxylic acids is 1. The summed E-state index contributed by atoms with van der Waals surface area (Å²) in [5.41, 5.74) is 1.89. The lowest BCUT2D eigenvalue weighted by Crippen LogP contribution is -2.61. The van der Waals surface area contributed by atoms with Crippen LogP contribution in [0.3, 0.4) is 0 Å². The van der Waals surface area contributed by atoms with Crippen LogP contribution in [0.4, 0.5) is 5.69 Å². The van der Waals surface area contributed by atoms with E-state index in [1.165, 1.54) is 0 Å². The van der Waals surface area contributed by atoms with Gasteiger partial charge in [-0.1, -0.05) is 18.2 Å². The minimum Gasteiger partial charge on any atom is -0.358 e. The molecule has 1 heterocycles. The molecule has 4 nitrogen and oxygen atoms in total. The summed E-state index contributed by atoms with van der Waals surface area (Å²) in [6.07, 6.45) is 0.949. The maximum absolute atomic E-state index is 12.2. The molecule has 0 aliphatic carbocycles. The van der Waals surface area contributed by atoms with E-state index in [-0.39, 0.29) is 24.0 Å². The minimum absolute atomic E-state index is 0.0144. The molecule has 1 aromatic rings. The predicted octanol–water partition coefficient (Wildman–Crippen LogP) is 2.68. The van der Waals surface area contributed by atoms with Crippen LogP contribution >= 0.6 is 12.2 Å². The van der Waals surface area contributed by atoms with Crippen molar-refractivity contribution in [3.05, 3.63) is 29.8 Å². The first kappa shape index (κ1) is 15.8. The molecule has 114 valence electrons. The van der Waals surface area contributed by atoms with E-state index in [9.17, 15) is 4.79 Å². The van der Waals surface area contributed by atoms with Crippen molar-refractivity contribution >= 4 is 28.9 Å². The Labute approximate surface area is 131 Å². The fourth-order valence-corrected chi connectivity index (χ4v) is 3.27. The molecule has 1 amide bonds. The van der Waals surface area contributed by atoms with Crippen LogP contribution in [-0.2, 0) is 4.79 Å². The summed E-state index contributed by atoms with van der Waals surface area (Å²) in [7, 11) is 0.